The smallest absolute Gasteiger partial charge is 0.306 e. The van der Waals surface area contributed by atoms with E-state index in [1.54, 1.807) is 61.1 Å². The Bertz CT molecular complexity index is 2900. The normalized spacial score (nSPS) is 17.9. The fourth-order valence-corrected chi connectivity index (χ4v) is 10.6. The van der Waals surface area contributed by atoms with Crippen LogP contribution < -0.4 is 10.6 Å². The molecule has 2 aliphatic heterocycles. The molecule has 3 aromatic carbocycles. The van der Waals surface area contributed by atoms with E-state index in [2.05, 4.69) is 25.8 Å². The lowest BCUT2D eigenvalue weighted by molar-refractivity contribution is -0.142. The zero-order valence-corrected chi connectivity index (χ0v) is 39.5. The molecule has 66 heavy (non-hydrogen) atoms. The molecule has 3 amide bonds. The standard InChI is InChI=1S/C49H51FN8O6S2/c1-24-27(4)66-48-40(24)41(53-37(21-39(60)61)44-56-55-28(5)58(44)48)31-13-11-30(12-14-31)35-18-17-33(19-36(35)50)45(62)54-43(49(6,7)8)47(64)57-22-34(59)20-38(57)46(63)52-25(2)29-9-15-32(16-10-29)42-26(3)51-23-65-42/h9-19,23,25,34,37-38,43,59H,20-22H2,1-8H3,(H,52,63)(H,54,62)(H,60,61)/t25-,34+,37-,38-,43+/m0/s1. The number of hydrogen-bond acceptors (Lipinski definition) is 11. The number of aliphatic carboxylic acids is 1. The molecule has 4 N–H and O–H groups in total. The van der Waals surface area contributed by atoms with Gasteiger partial charge in [0.15, 0.2) is 5.82 Å². The molecule has 1 saturated heterocycles. The summed E-state index contributed by atoms with van der Waals surface area (Å²) in [6.07, 6.45) is -1.20. The lowest BCUT2D eigenvalue weighted by Crippen LogP contribution is -2.57. The molecule has 0 saturated carbocycles. The highest BCUT2D eigenvalue weighted by Crippen LogP contribution is 2.40. The molecule has 0 radical (unpaired) electrons. The number of aromatic nitrogens is 4. The van der Waals surface area contributed by atoms with Crippen LogP contribution in [-0.2, 0) is 14.4 Å². The number of rotatable bonds is 11. The summed E-state index contributed by atoms with van der Waals surface area (Å²) in [5.74, 6) is -2.26. The number of halogens is 1. The molecule has 8 rings (SSSR count). The van der Waals surface area contributed by atoms with Crippen molar-refractivity contribution in [1.29, 1.82) is 0 Å². The number of fused-ring (bicyclic) bond motifs is 3. The van der Waals surface area contributed by atoms with Crippen LogP contribution in [0.3, 0.4) is 0 Å². The number of carbonyl (C=O) groups is 4. The fourth-order valence-electron chi connectivity index (χ4n) is 8.62. The third-order valence-corrected chi connectivity index (χ3v) is 14.5. The van der Waals surface area contributed by atoms with Gasteiger partial charge in [-0.3, -0.25) is 28.7 Å². The number of aliphatic imine (C=N–C) groups is 1. The second-order valence-electron chi connectivity index (χ2n) is 18.1. The van der Waals surface area contributed by atoms with E-state index in [-0.39, 0.29) is 30.5 Å². The minimum absolute atomic E-state index is 0.00794. The minimum atomic E-state index is -1.13. The van der Waals surface area contributed by atoms with Crippen LogP contribution in [0.2, 0.25) is 0 Å². The van der Waals surface area contributed by atoms with Gasteiger partial charge in [-0.1, -0.05) is 75.4 Å². The largest absolute Gasteiger partial charge is 0.481 e. The number of thiophene rings is 1. The van der Waals surface area contributed by atoms with Gasteiger partial charge in [-0.05, 0) is 74.4 Å². The van der Waals surface area contributed by atoms with Gasteiger partial charge in [0.25, 0.3) is 5.91 Å². The van der Waals surface area contributed by atoms with Gasteiger partial charge < -0.3 is 25.7 Å². The maximum atomic E-state index is 16.0. The van der Waals surface area contributed by atoms with Gasteiger partial charge in [0.1, 0.15) is 34.8 Å². The Morgan fingerprint density at radius 1 is 0.924 bits per heavy atom. The number of aliphatic hydroxyl groups is 1. The average Bonchev–Trinajstić information content (AvgIpc) is 4.04. The fraction of sp³-hybridized carbons (Fsp3) is 0.347. The molecule has 5 atom stereocenters. The van der Waals surface area contributed by atoms with Crippen LogP contribution in [0.4, 0.5) is 4.39 Å². The van der Waals surface area contributed by atoms with E-state index in [4.69, 9.17) is 4.99 Å². The van der Waals surface area contributed by atoms with Crippen LogP contribution in [0.15, 0.2) is 77.2 Å². The number of hydrogen-bond donors (Lipinski definition) is 4. The van der Waals surface area contributed by atoms with Crippen molar-refractivity contribution in [3.05, 3.63) is 128 Å². The first-order chi connectivity index (χ1) is 31.3. The van der Waals surface area contributed by atoms with E-state index in [9.17, 15) is 29.4 Å². The number of β-amino-alcohol motifs (C(OH)–C–C–N with tert-alkyl or cyclic N) is 1. The van der Waals surface area contributed by atoms with E-state index < -0.39 is 65.2 Å². The number of likely N-dealkylation sites (tertiary alicyclic amines) is 1. The van der Waals surface area contributed by atoms with Crippen molar-refractivity contribution < 1.29 is 33.8 Å². The molecule has 3 aromatic heterocycles. The number of carbonyl (C=O) groups excluding carboxylic acids is 3. The highest BCUT2D eigenvalue weighted by molar-refractivity contribution is 7.15. The number of carboxylic acid groups (broad SMARTS) is 1. The predicted octanol–water partition coefficient (Wildman–Crippen LogP) is 7.84. The van der Waals surface area contributed by atoms with Crippen LogP contribution in [0.1, 0.15) is 107 Å². The second kappa shape index (κ2) is 18.1. The number of aryl methyl sites for hydroxylation is 3. The van der Waals surface area contributed by atoms with Crippen molar-refractivity contribution in [1.82, 2.24) is 35.3 Å². The Morgan fingerprint density at radius 2 is 1.61 bits per heavy atom. The van der Waals surface area contributed by atoms with E-state index in [1.807, 2.05) is 75.6 Å². The summed E-state index contributed by atoms with van der Waals surface area (Å²) in [6.45, 7) is 14.9. The zero-order chi connectivity index (χ0) is 47.4. The van der Waals surface area contributed by atoms with Gasteiger partial charge in [-0.15, -0.1) is 32.9 Å². The molecule has 0 aliphatic carbocycles. The van der Waals surface area contributed by atoms with Gasteiger partial charge >= 0.3 is 5.97 Å². The van der Waals surface area contributed by atoms with E-state index in [0.717, 1.165) is 48.8 Å². The van der Waals surface area contributed by atoms with Crippen LogP contribution in [0.5, 0.6) is 0 Å². The number of carboxylic acids is 1. The maximum absolute atomic E-state index is 16.0. The molecule has 5 heterocycles. The van der Waals surface area contributed by atoms with Gasteiger partial charge in [0, 0.05) is 40.1 Å². The number of benzene rings is 3. The molecule has 14 nitrogen and oxygen atoms in total. The van der Waals surface area contributed by atoms with E-state index in [1.165, 1.54) is 17.0 Å². The summed E-state index contributed by atoms with van der Waals surface area (Å²) < 4.78 is 17.9. The highest BCUT2D eigenvalue weighted by Gasteiger charge is 2.45. The molecular formula is C49H51FN8O6S2. The molecule has 0 bridgehead atoms. The Balaban J connectivity index is 0.980. The Hall–Kier alpha value is -6.43. The summed E-state index contributed by atoms with van der Waals surface area (Å²) in [4.78, 5) is 66.7. The van der Waals surface area contributed by atoms with Crippen LogP contribution in [0.25, 0.3) is 26.6 Å². The number of nitrogens with one attached hydrogen (secondary N) is 2. The third-order valence-electron chi connectivity index (χ3n) is 12.3. The molecule has 2 aliphatic rings. The van der Waals surface area contributed by atoms with E-state index >= 15 is 4.39 Å². The molecular weight excluding hydrogens is 880 g/mol. The Kier molecular flexibility index (Phi) is 12.6. The van der Waals surface area contributed by atoms with Crippen LogP contribution >= 0.6 is 22.7 Å². The first-order valence-corrected chi connectivity index (χ1v) is 23.3. The quantitative estimate of drug-likeness (QED) is 0.100. The highest BCUT2D eigenvalue weighted by atomic mass is 32.1. The van der Waals surface area contributed by atoms with Gasteiger partial charge in [-0.25, -0.2) is 9.37 Å². The number of nitrogens with zero attached hydrogens (tertiary/aromatic N) is 6. The summed E-state index contributed by atoms with van der Waals surface area (Å²) in [6, 6.07) is 15.8. The molecule has 342 valence electrons. The summed E-state index contributed by atoms with van der Waals surface area (Å²) in [5.41, 5.74) is 7.70. The monoisotopic (exact) mass is 930 g/mol. The topological polar surface area (TPSA) is 192 Å². The van der Waals surface area contributed by atoms with Crippen molar-refractivity contribution in [3.63, 3.8) is 0 Å². The van der Waals surface area contributed by atoms with Crippen LogP contribution in [0, 0.1) is 38.9 Å². The summed E-state index contributed by atoms with van der Waals surface area (Å²) in [7, 11) is 0. The maximum Gasteiger partial charge on any atom is 0.306 e. The zero-order valence-electron chi connectivity index (χ0n) is 37.8. The van der Waals surface area contributed by atoms with E-state index in [0.29, 0.717) is 28.5 Å². The molecule has 17 heteroatoms. The Labute approximate surface area is 389 Å². The second-order valence-corrected chi connectivity index (χ2v) is 20.1. The summed E-state index contributed by atoms with van der Waals surface area (Å²) in [5, 5.41) is 35.8. The lowest BCUT2D eigenvalue weighted by atomic mass is 9.85. The van der Waals surface area contributed by atoms with Crippen molar-refractivity contribution in [3.8, 4) is 26.6 Å². The van der Waals surface area contributed by atoms with Crippen LogP contribution in [-0.4, -0.2) is 89.0 Å². The molecule has 6 aromatic rings. The van der Waals surface area contributed by atoms with Crippen molar-refractivity contribution in [2.24, 2.45) is 10.4 Å². The van der Waals surface area contributed by atoms with Gasteiger partial charge in [-0.2, -0.15) is 0 Å². The van der Waals surface area contributed by atoms with Crippen molar-refractivity contribution in [2.45, 2.75) is 98.5 Å². The Morgan fingerprint density at radius 3 is 2.24 bits per heavy atom. The van der Waals surface area contributed by atoms with Gasteiger partial charge in [0.05, 0.1) is 40.4 Å². The minimum Gasteiger partial charge on any atom is -0.481 e. The SMILES string of the molecule is Cc1ncsc1-c1ccc([C@H](C)NC(=O)[C@@H]2C[C@@H](O)CN2C(=O)[C@@H](NC(=O)c2ccc(-c3ccc(C4=N[C@@H](CC(=O)O)c5nnc(C)n5-c5sc(C)c(C)c54)cc3)c(F)c2)C(C)(C)C)cc1. The number of aliphatic hydroxyl groups excluding tert-OH is 1. The first kappa shape index (κ1) is 46.1. The molecule has 0 unspecified atom stereocenters. The third kappa shape index (κ3) is 8.94. The average molecular weight is 931 g/mol. The predicted molar refractivity (Wildman–Crippen MR) is 252 cm³/mol. The molecule has 1 fully saturated rings. The van der Waals surface area contributed by atoms with Crippen molar-refractivity contribution >= 4 is 52.1 Å². The first-order valence-electron chi connectivity index (χ1n) is 21.6. The van der Waals surface area contributed by atoms with Gasteiger partial charge in [0.2, 0.25) is 11.8 Å². The number of thiazole rings is 1. The lowest BCUT2D eigenvalue weighted by Gasteiger charge is -2.35. The summed E-state index contributed by atoms with van der Waals surface area (Å²) >= 11 is 3.11. The van der Waals surface area contributed by atoms with Crippen molar-refractivity contribution in [2.75, 3.05) is 6.54 Å². The number of amides is 3. The molecule has 0 spiro atoms.